The smallest absolute Gasteiger partial charge is 0.259 e. The van der Waals surface area contributed by atoms with Gasteiger partial charge < -0.3 is 10.4 Å². The maximum absolute atomic E-state index is 10.1. The Hall–Kier alpha value is -0.820. The second-order valence-corrected chi connectivity index (χ2v) is 2.64. The summed E-state index contributed by atoms with van der Waals surface area (Å²) < 4.78 is 0. The molecule has 13 heavy (non-hydrogen) atoms. The molecule has 0 bridgehead atoms. The number of hydrogen-bond acceptors (Lipinski definition) is 5. The van der Waals surface area contributed by atoms with E-state index in [-0.39, 0.29) is 25.5 Å². The van der Waals surface area contributed by atoms with Crippen LogP contribution in [0.1, 0.15) is 0 Å². The molecule has 0 unspecified atom stereocenters. The average molecular weight is 207 g/mol. The molecule has 0 spiro atoms. The van der Waals surface area contributed by atoms with Gasteiger partial charge in [-0.3, -0.25) is 15.1 Å². The van der Waals surface area contributed by atoms with Crippen LogP contribution >= 0.6 is 12.6 Å². The molecule has 0 fully saturated rings. The average Bonchev–Trinajstić information content (AvgIpc) is 2.09. The quantitative estimate of drug-likeness (QED) is 0.174. The van der Waals surface area contributed by atoms with E-state index >= 15 is 0 Å². The molecule has 0 aliphatic rings. The number of aliphatic imine (C=N–C) groups is 1. The molecule has 0 aliphatic carbocycles. The summed E-state index contributed by atoms with van der Waals surface area (Å²) in [6.07, 6.45) is 0. The third-order valence-corrected chi connectivity index (χ3v) is 1.35. The Kier molecular flexibility index (Phi) is 7.32. The van der Waals surface area contributed by atoms with Gasteiger partial charge in [-0.15, -0.1) is 0 Å². The Morgan fingerprint density at radius 1 is 1.69 bits per heavy atom. The first kappa shape index (κ1) is 12.2. The molecule has 6 nitrogen and oxygen atoms in total. The van der Waals surface area contributed by atoms with Crippen LogP contribution in [-0.2, 0) is 0 Å². The van der Waals surface area contributed by atoms with Crippen molar-refractivity contribution in [2.45, 2.75) is 0 Å². The van der Waals surface area contributed by atoms with Crippen molar-refractivity contribution in [3.05, 3.63) is 10.1 Å². The highest BCUT2D eigenvalue weighted by Gasteiger charge is 2.05. The number of thiol groups is 1. The molecule has 0 atom stereocenters. The van der Waals surface area contributed by atoms with Gasteiger partial charge in [-0.1, -0.05) is 0 Å². The van der Waals surface area contributed by atoms with E-state index in [2.05, 4.69) is 22.9 Å². The van der Waals surface area contributed by atoms with Crippen molar-refractivity contribution in [2.24, 2.45) is 4.99 Å². The van der Waals surface area contributed by atoms with Crippen molar-refractivity contribution in [3.63, 3.8) is 0 Å². The van der Waals surface area contributed by atoms with E-state index in [0.29, 0.717) is 12.3 Å². The van der Waals surface area contributed by atoms with Crippen molar-refractivity contribution in [1.82, 2.24) is 5.32 Å². The second kappa shape index (κ2) is 7.81. The summed E-state index contributed by atoms with van der Waals surface area (Å²) in [6.45, 7) is 0.265. The fourth-order valence-corrected chi connectivity index (χ4v) is 0.781. The normalized spacial score (nSPS) is 11.4. The third kappa shape index (κ3) is 7.54. The van der Waals surface area contributed by atoms with Crippen LogP contribution < -0.4 is 5.32 Å². The van der Waals surface area contributed by atoms with Crippen LogP contribution in [0.4, 0.5) is 0 Å². The number of amidine groups is 1. The fourth-order valence-electron chi connectivity index (χ4n) is 0.669. The lowest BCUT2D eigenvalue weighted by Gasteiger charge is -2.03. The van der Waals surface area contributed by atoms with Crippen molar-refractivity contribution in [2.75, 3.05) is 32.0 Å². The number of nitrogens with zero attached hydrogens (tertiary/aromatic N) is 2. The Morgan fingerprint density at radius 3 is 2.85 bits per heavy atom. The van der Waals surface area contributed by atoms with Crippen LogP contribution in [0.15, 0.2) is 4.99 Å². The highest BCUT2D eigenvalue weighted by Crippen LogP contribution is 1.79. The van der Waals surface area contributed by atoms with Crippen LogP contribution in [0.5, 0.6) is 0 Å². The molecule has 7 heteroatoms. The highest BCUT2D eigenvalue weighted by atomic mass is 32.1. The van der Waals surface area contributed by atoms with Crippen LogP contribution in [0.2, 0.25) is 0 Å². The van der Waals surface area contributed by atoms with Crippen LogP contribution in [0.25, 0.3) is 0 Å². The second-order valence-electron chi connectivity index (χ2n) is 2.19. The lowest BCUT2D eigenvalue weighted by molar-refractivity contribution is -0.463. The Balaban J connectivity index is 3.94. The number of aliphatic hydroxyl groups is 1. The van der Waals surface area contributed by atoms with Gasteiger partial charge in [0.05, 0.1) is 13.2 Å². The van der Waals surface area contributed by atoms with Crippen LogP contribution in [0.3, 0.4) is 0 Å². The molecule has 0 aromatic rings. The topological polar surface area (TPSA) is 87.8 Å². The standard InChI is InChI=1S/C6H13N3O3S/c10-3-1-7-6(5-9(11)12)8-2-4-13/h10,13H,1-5H2,(H,7,8). The first-order valence-electron chi connectivity index (χ1n) is 3.81. The molecule has 0 saturated heterocycles. The number of rotatable bonds is 6. The maximum atomic E-state index is 10.1. The lowest BCUT2D eigenvalue weighted by atomic mass is 10.5. The van der Waals surface area contributed by atoms with E-state index in [1.165, 1.54) is 0 Å². The SMILES string of the molecule is O=[N+]([O-])CC(=NCCO)NCCS. The summed E-state index contributed by atoms with van der Waals surface area (Å²) >= 11 is 3.94. The zero-order valence-electron chi connectivity index (χ0n) is 7.14. The van der Waals surface area contributed by atoms with E-state index in [1.807, 2.05) is 0 Å². The van der Waals surface area contributed by atoms with Crippen LogP contribution in [0, 0.1) is 10.1 Å². The molecule has 76 valence electrons. The largest absolute Gasteiger partial charge is 0.394 e. The summed E-state index contributed by atoms with van der Waals surface area (Å²) in [6, 6.07) is 0. The molecule has 0 heterocycles. The number of aliphatic hydroxyl groups excluding tert-OH is 1. The fraction of sp³-hybridized carbons (Fsp3) is 0.833. The molecule has 0 aromatic carbocycles. The highest BCUT2D eigenvalue weighted by molar-refractivity contribution is 7.80. The molecular weight excluding hydrogens is 194 g/mol. The summed E-state index contributed by atoms with van der Waals surface area (Å²) in [5.41, 5.74) is 0. The molecule has 2 N–H and O–H groups in total. The van der Waals surface area contributed by atoms with Crippen molar-refractivity contribution in [1.29, 1.82) is 0 Å². The predicted octanol–water partition coefficient (Wildman–Crippen LogP) is -0.827. The van der Waals surface area contributed by atoms with Crippen molar-refractivity contribution < 1.29 is 10.0 Å². The molecule has 0 rings (SSSR count). The minimum Gasteiger partial charge on any atom is -0.394 e. The van der Waals surface area contributed by atoms with Crippen molar-refractivity contribution in [3.8, 4) is 0 Å². The summed E-state index contributed by atoms with van der Waals surface area (Å²) in [5, 5.41) is 21.4. The zero-order valence-corrected chi connectivity index (χ0v) is 8.04. The monoisotopic (exact) mass is 207 g/mol. The number of nitro groups is 1. The Morgan fingerprint density at radius 2 is 2.38 bits per heavy atom. The van der Waals surface area contributed by atoms with Gasteiger partial charge in [-0.05, 0) is 0 Å². The maximum Gasteiger partial charge on any atom is 0.259 e. The molecular formula is C6H13N3O3S. The van der Waals surface area contributed by atoms with E-state index in [4.69, 9.17) is 5.11 Å². The van der Waals surface area contributed by atoms with E-state index in [9.17, 15) is 10.1 Å². The molecule has 0 saturated carbocycles. The molecule has 0 aliphatic heterocycles. The van der Waals surface area contributed by atoms with E-state index in [1.54, 1.807) is 0 Å². The first-order valence-corrected chi connectivity index (χ1v) is 4.44. The van der Waals surface area contributed by atoms with Crippen LogP contribution in [-0.4, -0.2) is 47.9 Å². The van der Waals surface area contributed by atoms with Gasteiger partial charge in [-0.2, -0.15) is 12.6 Å². The van der Waals surface area contributed by atoms with Crippen molar-refractivity contribution >= 4 is 18.5 Å². The molecule has 0 amide bonds. The lowest BCUT2D eigenvalue weighted by Crippen LogP contribution is -2.32. The van der Waals surface area contributed by atoms with Gasteiger partial charge in [0.2, 0.25) is 0 Å². The number of nitrogens with one attached hydrogen (secondary N) is 1. The summed E-state index contributed by atoms with van der Waals surface area (Å²) in [5.74, 6) is 0.865. The van der Waals surface area contributed by atoms with Gasteiger partial charge >= 0.3 is 0 Å². The van der Waals surface area contributed by atoms with Gasteiger partial charge in [0.25, 0.3) is 6.54 Å². The van der Waals surface area contributed by atoms with Gasteiger partial charge in [0.1, 0.15) is 0 Å². The number of hydrogen-bond donors (Lipinski definition) is 3. The minimum atomic E-state index is -0.471. The first-order chi connectivity index (χ1) is 6.20. The summed E-state index contributed by atoms with van der Waals surface area (Å²) in [7, 11) is 0. The third-order valence-electron chi connectivity index (χ3n) is 1.12. The van der Waals surface area contributed by atoms with Gasteiger partial charge in [0, 0.05) is 17.2 Å². The molecule has 0 aromatic heterocycles. The van der Waals surface area contributed by atoms with Gasteiger partial charge in [-0.25, -0.2) is 0 Å². The Bertz CT molecular complexity index is 186. The minimum absolute atomic E-state index is 0.107. The van der Waals surface area contributed by atoms with E-state index < -0.39 is 4.92 Å². The van der Waals surface area contributed by atoms with E-state index in [0.717, 1.165) is 0 Å². The predicted molar refractivity (Wildman–Crippen MR) is 53.1 cm³/mol. The Labute approximate surface area is 81.6 Å². The summed E-state index contributed by atoms with van der Waals surface area (Å²) in [4.78, 5) is 13.5. The molecule has 0 radical (unpaired) electrons. The zero-order chi connectivity index (χ0) is 10.1. The van der Waals surface area contributed by atoms with Gasteiger partial charge in [0.15, 0.2) is 5.84 Å².